The number of likely N-dealkylation sites (tertiary alicyclic amines) is 1. The van der Waals surface area contributed by atoms with E-state index in [1.807, 2.05) is 38.1 Å². The number of benzene rings is 1. The monoisotopic (exact) mass is 318 g/mol. The van der Waals surface area contributed by atoms with E-state index in [1.165, 1.54) is 5.56 Å². The minimum Gasteiger partial charge on any atom is -0.377 e. The molecule has 0 unspecified atom stereocenters. The molecule has 23 heavy (non-hydrogen) atoms. The van der Waals surface area contributed by atoms with Gasteiger partial charge in [-0.25, -0.2) is 4.79 Å². The zero-order chi connectivity index (χ0) is 17.0. The molecule has 1 atom stereocenters. The van der Waals surface area contributed by atoms with Crippen molar-refractivity contribution in [3.05, 3.63) is 29.3 Å². The molecule has 1 aliphatic heterocycles. The lowest BCUT2D eigenvalue weighted by atomic mass is 10.1. The van der Waals surface area contributed by atoms with Gasteiger partial charge in [-0.2, -0.15) is 0 Å². The summed E-state index contributed by atoms with van der Waals surface area (Å²) < 4.78 is 0. The number of urea groups is 1. The summed E-state index contributed by atoms with van der Waals surface area (Å²) in [4.78, 5) is 27.9. The van der Waals surface area contributed by atoms with Crippen molar-refractivity contribution < 1.29 is 9.59 Å². The Morgan fingerprint density at radius 2 is 2.09 bits per heavy atom. The molecule has 2 rings (SSSR count). The molecule has 0 bridgehead atoms. The highest BCUT2D eigenvalue weighted by Gasteiger charge is 2.33. The van der Waals surface area contributed by atoms with E-state index in [0.717, 1.165) is 24.1 Å². The lowest BCUT2D eigenvalue weighted by Gasteiger charge is -2.24. The van der Waals surface area contributed by atoms with Crippen molar-refractivity contribution in [1.82, 2.24) is 15.5 Å². The van der Waals surface area contributed by atoms with Gasteiger partial charge in [-0.05, 0) is 37.0 Å². The highest BCUT2D eigenvalue weighted by molar-refractivity contribution is 5.87. The number of nitrogens with one attached hydrogen (secondary N) is 2. The lowest BCUT2D eigenvalue weighted by molar-refractivity contribution is -0.124. The van der Waals surface area contributed by atoms with Gasteiger partial charge in [0.15, 0.2) is 0 Å². The molecular weight excluding hydrogens is 292 g/mol. The highest BCUT2D eigenvalue weighted by Crippen LogP contribution is 2.21. The van der Waals surface area contributed by atoms with Crippen molar-refractivity contribution in [3.8, 4) is 0 Å². The molecular formula is C17H26N4O2. The number of rotatable bonds is 4. The second kappa shape index (κ2) is 7.35. The molecule has 0 radical (unpaired) electrons. The summed E-state index contributed by atoms with van der Waals surface area (Å²) in [5, 5.41) is 5.57. The van der Waals surface area contributed by atoms with Crippen LogP contribution in [0.5, 0.6) is 0 Å². The number of anilines is 1. The molecule has 0 spiro atoms. The minimum absolute atomic E-state index is 0.0954. The standard InChI is InChI=1S/C17H26N4O2/c1-12-7-8-13(15(10-12)20(3)4)11-19-17(23)21-9-5-6-14(21)16(22)18-2/h7-8,10,14H,5-6,9,11H2,1-4H3,(H,18,22)(H,19,23)/t14-/m0/s1. The van der Waals surface area contributed by atoms with Gasteiger partial charge in [0, 0.05) is 39.9 Å². The van der Waals surface area contributed by atoms with Gasteiger partial charge in [-0.15, -0.1) is 0 Å². The van der Waals surface area contributed by atoms with Crippen LogP contribution in [0.4, 0.5) is 10.5 Å². The molecule has 3 amide bonds. The maximum atomic E-state index is 12.4. The number of nitrogens with zero attached hydrogens (tertiary/aromatic N) is 2. The summed E-state index contributed by atoms with van der Waals surface area (Å²) in [5.74, 6) is -0.0954. The van der Waals surface area contributed by atoms with Crippen LogP contribution in [0, 0.1) is 6.92 Å². The lowest BCUT2D eigenvalue weighted by Crippen LogP contribution is -2.48. The first-order chi connectivity index (χ1) is 10.9. The SMILES string of the molecule is CNC(=O)[C@@H]1CCCN1C(=O)NCc1ccc(C)cc1N(C)C. The minimum atomic E-state index is -0.355. The van der Waals surface area contributed by atoms with Crippen LogP contribution >= 0.6 is 0 Å². The van der Waals surface area contributed by atoms with Crippen LogP contribution < -0.4 is 15.5 Å². The molecule has 2 N–H and O–H groups in total. The van der Waals surface area contributed by atoms with Gasteiger partial charge in [-0.1, -0.05) is 12.1 Å². The number of hydrogen-bond acceptors (Lipinski definition) is 3. The zero-order valence-electron chi connectivity index (χ0n) is 14.3. The second-order valence-corrected chi connectivity index (χ2v) is 6.15. The first-order valence-corrected chi connectivity index (χ1v) is 7.97. The fourth-order valence-corrected chi connectivity index (χ4v) is 2.96. The Kier molecular flexibility index (Phi) is 5.47. The fourth-order valence-electron chi connectivity index (χ4n) is 2.96. The third-order valence-electron chi connectivity index (χ3n) is 4.22. The molecule has 1 aliphatic rings. The summed E-state index contributed by atoms with van der Waals surface area (Å²) in [6, 6.07) is 5.64. The molecule has 0 saturated carbocycles. The Morgan fingerprint density at radius 3 is 2.74 bits per heavy atom. The van der Waals surface area contributed by atoms with Gasteiger partial charge < -0.3 is 20.4 Å². The average Bonchev–Trinajstić information content (AvgIpc) is 3.02. The van der Waals surface area contributed by atoms with Crippen molar-refractivity contribution in [1.29, 1.82) is 0 Å². The summed E-state index contributed by atoms with van der Waals surface area (Å²) in [5.41, 5.74) is 3.34. The molecule has 0 aromatic heterocycles. The first kappa shape index (κ1) is 17.1. The smallest absolute Gasteiger partial charge is 0.318 e. The van der Waals surface area contributed by atoms with E-state index in [4.69, 9.17) is 0 Å². The van der Waals surface area contributed by atoms with Crippen LogP contribution in [0.2, 0.25) is 0 Å². The molecule has 1 aromatic rings. The number of carbonyl (C=O) groups excluding carboxylic acids is 2. The molecule has 6 nitrogen and oxygen atoms in total. The summed E-state index contributed by atoms with van der Waals surface area (Å²) in [6.07, 6.45) is 1.58. The van der Waals surface area contributed by atoms with Gasteiger partial charge in [-0.3, -0.25) is 4.79 Å². The Hall–Kier alpha value is -2.24. The molecule has 1 saturated heterocycles. The van der Waals surface area contributed by atoms with E-state index < -0.39 is 0 Å². The Balaban J connectivity index is 2.03. The first-order valence-electron chi connectivity index (χ1n) is 7.97. The average molecular weight is 318 g/mol. The van der Waals surface area contributed by atoms with Gasteiger partial charge >= 0.3 is 6.03 Å². The van der Waals surface area contributed by atoms with Crippen LogP contribution in [-0.4, -0.2) is 50.6 Å². The molecule has 1 heterocycles. The van der Waals surface area contributed by atoms with Crippen LogP contribution in [0.25, 0.3) is 0 Å². The largest absolute Gasteiger partial charge is 0.377 e. The predicted molar refractivity (Wildman–Crippen MR) is 91.5 cm³/mol. The molecule has 126 valence electrons. The summed E-state index contributed by atoms with van der Waals surface area (Å²) in [7, 11) is 5.58. The van der Waals surface area contributed by atoms with E-state index >= 15 is 0 Å². The number of hydrogen-bond donors (Lipinski definition) is 2. The van der Waals surface area contributed by atoms with Crippen molar-refractivity contribution in [2.24, 2.45) is 0 Å². The van der Waals surface area contributed by atoms with E-state index in [1.54, 1.807) is 11.9 Å². The normalized spacial score (nSPS) is 17.0. The van der Waals surface area contributed by atoms with Crippen molar-refractivity contribution >= 4 is 17.6 Å². The van der Waals surface area contributed by atoms with Crippen LogP contribution in [0.15, 0.2) is 18.2 Å². The van der Waals surface area contributed by atoms with E-state index in [-0.39, 0.29) is 18.0 Å². The van der Waals surface area contributed by atoms with Crippen LogP contribution in [-0.2, 0) is 11.3 Å². The Morgan fingerprint density at radius 1 is 1.35 bits per heavy atom. The molecule has 0 aliphatic carbocycles. The van der Waals surface area contributed by atoms with Gasteiger partial charge in [0.05, 0.1) is 0 Å². The van der Waals surface area contributed by atoms with Crippen LogP contribution in [0.3, 0.4) is 0 Å². The number of amides is 3. The Bertz CT molecular complexity index is 586. The molecule has 6 heteroatoms. The summed E-state index contributed by atoms with van der Waals surface area (Å²) in [6.45, 7) is 3.12. The van der Waals surface area contributed by atoms with E-state index in [0.29, 0.717) is 13.1 Å². The molecule has 1 fully saturated rings. The quantitative estimate of drug-likeness (QED) is 0.884. The van der Waals surface area contributed by atoms with Gasteiger partial charge in [0.1, 0.15) is 6.04 Å². The predicted octanol–water partition coefficient (Wildman–Crippen LogP) is 1.48. The maximum Gasteiger partial charge on any atom is 0.318 e. The van der Waals surface area contributed by atoms with Crippen LogP contribution in [0.1, 0.15) is 24.0 Å². The van der Waals surface area contributed by atoms with E-state index in [9.17, 15) is 9.59 Å². The van der Waals surface area contributed by atoms with Gasteiger partial charge in [0.2, 0.25) is 5.91 Å². The summed E-state index contributed by atoms with van der Waals surface area (Å²) >= 11 is 0. The zero-order valence-corrected chi connectivity index (χ0v) is 14.3. The van der Waals surface area contributed by atoms with E-state index in [2.05, 4.69) is 16.7 Å². The number of carbonyl (C=O) groups is 2. The fraction of sp³-hybridized carbons (Fsp3) is 0.529. The third-order valence-corrected chi connectivity index (χ3v) is 4.22. The van der Waals surface area contributed by atoms with Gasteiger partial charge in [0.25, 0.3) is 0 Å². The van der Waals surface area contributed by atoms with Crippen molar-refractivity contribution in [2.45, 2.75) is 32.4 Å². The maximum absolute atomic E-state index is 12.4. The highest BCUT2D eigenvalue weighted by atomic mass is 16.2. The number of likely N-dealkylation sites (N-methyl/N-ethyl adjacent to an activating group) is 1. The van der Waals surface area contributed by atoms with Crippen molar-refractivity contribution in [2.75, 3.05) is 32.6 Å². The number of aryl methyl sites for hydroxylation is 1. The topological polar surface area (TPSA) is 64.7 Å². The van der Waals surface area contributed by atoms with Crippen molar-refractivity contribution in [3.63, 3.8) is 0 Å². The second-order valence-electron chi connectivity index (χ2n) is 6.15. The molecule has 1 aromatic carbocycles. The third kappa shape index (κ3) is 3.94. The Labute approximate surface area is 137 Å².